The third kappa shape index (κ3) is 5.05. The molecule has 0 aliphatic heterocycles. The molecular weight excluding hydrogens is 218 g/mol. The van der Waals surface area contributed by atoms with Crippen molar-refractivity contribution in [2.24, 2.45) is 0 Å². The summed E-state index contributed by atoms with van der Waals surface area (Å²) in [5.74, 6) is 0. The standard InChI is InChI=1S/C17H27N/c1-5-7-8-17(18-11-6-2)13-16-10-9-14(3)15(4)12-16/h5,9-10,12,17-18H,1,6-8,11,13H2,2-4H3. The maximum atomic E-state index is 3.82. The van der Waals surface area contributed by atoms with Crippen LogP contribution in [0.1, 0.15) is 42.9 Å². The van der Waals surface area contributed by atoms with Crippen molar-refractivity contribution < 1.29 is 0 Å². The highest BCUT2D eigenvalue weighted by atomic mass is 14.9. The first-order valence-corrected chi connectivity index (χ1v) is 7.07. The first-order valence-electron chi connectivity index (χ1n) is 7.07. The van der Waals surface area contributed by atoms with E-state index in [1.54, 1.807) is 0 Å². The molecule has 0 heterocycles. The summed E-state index contributed by atoms with van der Waals surface area (Å²) < 4.78 is 0. The van der Waals surface area contributed by atoms with Crippen LogP contribution in [-0.2, 0) is 6.42 Å². The molecule has 0 radical (unpaired) electrons. The van der Waals surface area contributed by atoms with Crippen LogP contribution in [0.2, 0.25) is 0 Å². The Bertz CT molecular complexity index is 368. The zero-order valence-electron chi connectivity index (χ0n) is 12.1. The second kappa shape index (κ2) is 8.10. The van der Waals surface area contributed by atoms with E-state index in [9.17, 15) is 0 Å². The minimum absolute atomic E-state index is 0.574. The van der Waals surface area contributed by atoms with Gasteiger partial charge >= 0.3 is 0 Å². The third-order valence-corrected chi connectivity index (χ3v) is 3.46. The van der Waals surface area contributed by atoms with Crippen LogP contribution in [0.4, 0.5) is 0 Å². The second-order valence-electron chi connectivity index (χ2n) is 5.14. The maximum Gasteiger partial charge on any atom is 0.0110 e. The molecule has 1 heteroatoms. The van der Waals surface area contributed by atoms with Gasteiger partial charge in [0.1, 0.15) is 0 Å². The summed E-state index contributed by atoms with van der Waals surface area (Å²) in [5, 5.41) is 3.64. The van der Waals surface area contributed by atoms with E-state index >= 15 is 0 Å². The lowest BCUT2D eigenvalue weighted by atomic mass is 9.98. The van der Waals surface area contributed by atoms with Gasteiger partial charge in [0.25, 0.3) is 0 Å². The van der Waals surface area contributed by atoms with E-state index in [2.05, 4.69) is 50.9 Å². The molecule has 1 nitrogen and oxygen atoms in total. The highest BCUT2D eigenvalue weighted by Gasteiger charge is 2.08. The molecule has 100 valence electrons. The number of hydrogen-bond acceptors (Lipinski definition) is 1. The van der Waals surface area contributed by atoms with Gasteiger partial charge in [0, 0.05) is 6.04 Å². The fourth-order valence-corrected chi connectivity index (χ4v) is 2.16. The summed E-state index contributed by atoms with van der Waals surface area (Å²) in [4.78, 5) is 0. The highest BCUT2D eigenvalue weighted by Crippen LogP contribution is 2.13. The molecule has 0 aromatic heterocycles. The van der Waals surface area contributed by atoms with Crippen molar-refractivity contribution >= 4 is 0 Å². The van der Waals surface area contributed by atoms with Gasteiger partial charge in [0.2, 0.25) is 0 Å². The molecule has 1 rings (SSSR count). The van der Waals surface area contributed by atoms with E-state index in [-0.39, 0.29) is 0 Å². The smallest absolute Gasteiger partial charge is 0.0110 e. The molecule has 0 amide bonds. The number of allylic oxidation sites excluding steroid dienone is 1. The SMILES string of the molecule is C=CCCC(Cc1ccc(C)c(C)c1)NCCC. The molecule has 1 unspecified atom stereocenters. The lowest BCUT2D eigenvalue weighted by molar-refractivity contribution is 0.481. The van der Waals surface area contributed by atoms with Gasteiger partial charge in [-0.25, -0.2) is 0 Å². The summed E-state index contributed by atoms with van der Waals surface area (Å²) in [7, 11) is 0. The van der Waals surface area contributed by atoms with Crippen molar-refractivity contribution in [2.75, 3.05) is 6.54 Å². The molecule has 1 aromatic carbocycles. The van der Waals surface area contributed by atoms with E-state index in [4.69, 9.17) is 0 Å². The quantitative estimate of drug-likeness (QED) is 0.677. The van der Waals surface area contributed by atoms with Crippen LogP contribution in [0.25, 0.3) is 0 Å². The average molecular weight is 245 g/mol. The molecule has 0 aliphatic carbocycles. The van der Waals surface area contributed by atoms with Crippen LogP contribution in [0, 0.1) is 13.8 Å². The van der Waals surface area contributed by atoms with Gasteiger partial charge in [-0.3, -0.25) is 0 Å². The van der Waals surface area contributed by atoms with Crippen molar-refractivity contribution in [2.45, 2.75) is 52.5 Å². The fourth-order valence-electron chi connectivity index (χ4n) is 2.16. The Morgan fingerprint density at radius 3 is 2.67 bits per heavy atom. The van der Waals surface area contributed by atoms with Crippen LogP contribution >= 0.6 is 0 Å². The van der Waals surface area contributed by atoms with Gasteiger partial charge in [-0.2, -0.15) is 0 Å². The predicted molar refractivity (Wildman–Crippen MR) is 81.1 cm³/mol. The summed E-state index contributed by atoms with van der Waals surface area (Å²) >= 11 is 0. The Hall–Kier alpha value is -1.08. The van der Waals surface area contributed by atoms with E-state index in [0.717, 1.165) is 19.4 Å². The molecule has 18 heavy (non-hydrogen) atoms. The molecule has 0 spiro atoms. The summed E-state index contributed by atoms with van der Waals surface area (Å²) in [5.41, 5.74) is 4.21. The van der Waals surface area contributed by atoms with Crippen molar-refractivity contribution in [3.05, 3.63) is 47.5 Å². The Balaban J connectivity index is 2.62. The summed E-state index contributed by atoms with van der Waals surface area (Å²) in [6.07, 6.45) is 6.59. The summed E-state index contributed by atoms with van der Waals surface area (Å²) in [6.45, 7) is 11.5. The zero-order chi connectivity index (χ0) is 13.4. The largest absolute Gasteiger partial charge is 0.314 e. The van der Waals surface area contributed by atoms with E-state index in [1.165, 1.54) is 29.5 Å². The van der Waals surface area contributed by atoms with Crippen LogP contribution in [0.3, 0.4) is 0 Å². The number of rotatable bonds is 8. The van der Waals surface area contributed by atoms with Crippen molar-refractivity contribution in [3.8, 4) is 0 Å². The van der Waals surface area contributed by atoms with E-state index in [0.29, 0.717) is 6.04 Å². The molecule has 0 fully saturated rings. The monoisotopic (exact) mass is 245 g/mol. The highest BCUT2D eigenvalue weighted by molar-refractivity contribution is 5.30. The summed E-state index contributed by atoms with van der Waals surface area (Å²) in [6, 6.07) is 7.39. The molecular formula is C17H27N. The van der Waals surface area contributed by atoms with Gasteiger partial charge in [-0.1, -0.05) is 31.2 Å². The van der Waals surface area contributed by atoms with Crippen LogP contribution in [0.5, 0.6) is 0 Å². The molecule has 0 saturated carbocycles. The number of hydrogen-bond donors (Lipinski definition) is 1. The lowest BCUT2D eigenvalue weighted by Crippen LogP contribution is -2.31. The van der Waals surface area contributed by atoms with Crippen LogP contribution < -0.4 is 5.32 Å². The minimum atomic E-state index is 0.574. The normalized spacial score (nSPS) is 12.4. The maximum absolute atomic E-state index is 3.82. The van der Waals surface area contributed by atoms with Gasteiger partial charge < -0.3 is 5.32 Å². The fraction of sp³-hybridized carbons (Fsp3) is 0.529. The van der Waals surface area contributed by atoms with E-state index in [1.807, 2.05) is 6.08 Å². The average Bonchev–Trinajstić information content (AvgIpc) is 2.37. The molecule has 0 saturated heterocycles. The Morgan fingerprint density at radius 1 is 1.28 bits per heavy atom. The minimum Gasteiger partial charge on any atom is -0.314 e. The first-order chi connectivity index (χ1) is 8.67. The Kier molecular flexibility index (Phi) is 6.74. The van der Waals surface area contributed by atoms with Crippen molar-refractivity contribution in [3.63, 3.8) is 0 Å². The number of nitrogens with one attached hydrogen (secondary N) is 1. The van der Waals surface area contributed by atoms with Crippen molar-refractivity contribution in [1.82, 2.24) is 5.32 Å². The molecule has 1 aromatic rings. The molecule has 0 aliphatic rings. The van der Waals surface area contributed by atoms with Gasteiger partial charge in [-0.05, 0) is 62.8 Å². The molecule has 1 N–H and O–H groups in total. The first kappa shape index (κ1) is 15.0. The van der Waals surface area contributed by atoms with Gasteiger partial charge in [-0.15, -0.1) is 6.58 Å². The lowest BCUT2D eigenvalue weighted by Gasteiger charge is -2.18. The van der Waals surface area contributed by atoms with Gasteiger partial charge in [0.05, 0.1) is 0 Å². The Morgan fingerprint density at radius 2 is 2.06 bits per heavy atom. The van der Waals surface area contributed by atoms with Crippen LogP contribution in [-0.4, -0.2) is 12.6 Å². The third-order valence-electron chi connectivity index (χ3n) is 3.46. The van der Waals surface area contributed by atoms with Crippen LogP contribution in [0.15, 0.2) is 30.9 Å². The van der Waals surface area contributed by atoms with Crippen molar-refractivity contribution in [1.29, 1.82) is 0 Å². The predicted octanol–water partition coefficient (Wildman–Crippen LogP) is 4.18. The topological polar surface area (TPSA) is 12.0 Å². The van der Waals surface area contributed by atoms with E-state index < -0.39 is 0 Å². The Labute approximate surface area is 112 Å². The number of benzene rings is 1. The molecule has 0 bridgehead atoms. The van der Waals surface area contributed by atoms with Gasteiger partial charge in [0.15, 0.2) is 0 Å². The second-order valence-corrected chi connectivity index (χ2v) is 5.14. The number of aryl methyl sites for hydroxylation is 2. The zero-order valence-corrected chi connectivity index (χ0v) is 12.1. The molecule has 1 atom stereocenters.